The maximum Gasteiger partial charge on any atom is 0.274 e. The van der Waals surface area contributed by atoms with Gasteiger partial charge in [-0.1, -0.05) is 18.2 Å². The summed E-state index contributed by atoms with van der Waals surface area (Å²) in [5.74, 6) is -0.576. The van der Waals surface area contributed by atoms with Gasteiger partial charge in [0, 0.05) is 23.5 Å². The van der Waals surface area contributed by atoms with Gasteiger partial charge in [-0.15, -0.1) is 0 Å². The summed E-state index contributed by atoms with van der Waals surface area (Å²) in [7, 11) is 0. The number of amides is 2. The van der Waals surface area contributed by atoms with Gasteiger partial charge in [0.25, 0.3) is 5.91 Å². The molecule has 2 amide bonds. The Labute approximate surface area is 133 Å². The zero-order chi connectivity index (χ0) is 16.2. The molecule has 0 aliphatic carbocycles. The van der Waals surface area contributed by atoms with Gasteiger partial charge in [-0.2, -0.15) is 0 Å². The normalized spacial score (nSPS) is 16.7. The van der Waals surface area contributed by atoms with E-state index in [1.165, 1.54) is 0 Å². The molecule has 1 saturated heterocycles. The van der Waals surface area contributed by atoms with Crippen molar-refractivity contribution < 1.29 is 14.8 Å². The molecule has 0 radical (unpaired) electrons. The Hall–Kier alpha value is -2.86. The van der Waals surface area contributed by atoms with E-state index in [1.54, 1.807) is 29.7 Å². The van der Waals surface area contributed by atoms with Crippen molar-refractivity contribution in [3.63, 3.8) is 0 Å². The van der Waals surface area contributed by atoms with Crippen molar-refractivity contribution in [2.45, 2.75) is 12.5 Å². The molecule has 2 aromatic carbocycles. The minimum absolute atomic E-state index is 0.00830. The van der Waals surface area contributed by atoms with E-state index in [2.05, 4.69) is 5.32 Å². The van der Waals surface area contributed by atoms with Crippen molar-refractivity contribution in [1.29, 1.82) is 0 Å². The van der Waals surface area contributed by atoms with Crippen LogP contribution in [0.4, 0.5) is 11.4 Å². The predicted octanol–water partition coefficient (Wildman–Crippen LogP) is 1.83. The lowest BCUT2D eigenvalue weighted by molar-refractivity contribution is -0.120. The minimum Gasteiger partial charge on any atom is -0.354 e. The van der Waals surface area contributed by atoms with E-state index in [4.69, 9.17) is 5.21 Å². The first-order valence-corrected chi connectivity index (χ1v) is 7.37. The number of benzene rings is 2. The SMILES string of the molecule is O=C(NO)c1ccc(N(c2ccccc2)C2CCNC2=O)cc1. The molecule has 1 aliphatic heterocycles. The summed E-state index contributed by atoms with van der Waals surface area (Å²) in [6.07, 6.45) is 0.715. The maximum atomic E-state index is 12.1. The number of carbonyl (C=O) groups excluding carboxylic acids is 2. The lowest BCUT2D eigenvalue weighted by Crippen LogP contribution is -2.37. The van der Waals surface area contributed by atoms with Crippen molar-refractivity contribution in [3.8, 4) is 0 Å². The lowest BCUT2D eigenvalue weighted by Gasteiger charge is -2.29. The first-order valence-electron chi connectivity index (χ1n) is 7.37. The number of nitrogens with one attached hydrogen (secondary N) is 2. The van der Waals surface area contributed by atoms with Crippen LogP contribution in [-0.4, -0.2) is 29.6 Å². The summed E-state index contributed by atoms with van der Waals surface area (Å²) in [6, 6.07) is 16.1. The molecule has 3 rings (SSSR count). The highest BCUT2D eigenvalue weighted by Gasteiger charge is 2.31. The maximum absolute atomic E-state index is 12.1. The number of hydroxylamine groups is 1. The third kappa shape index (κ3) is 3.02. The van der Waals surface area contributed by atoms with Crippen molar-refractivity contribution >= 4 is 23.2 Å². The average molecular weight is 311 g/mol. The van der Waals surface area contributed by atoms with Gasteiger partial charge >= 0.3 is 0 Å². The molecule has 6 nitrogen and oxygen atoms in total. The van der Waals surface area contributed by atoms with E-state index < -0.39 is 5.91 Å². The van der Waals surface area contributed by atoms with Crippen LogP contribution in [0.25, 0.3) is 0 Å². The Morgan fingerprint density at radius 3 is 2.30 bits per heavy atom. The van der Waals surface area contributed by atoms with E-state index >= 15 is 0 Å². The Bertz CT molecular complexity index is 701. The molecule has 0 spiro atoms. The summed E-state index contributed by atoms with van der Waals surface area (Å²) in [6.45, 7) is 0.651. The average Bonchev–Trinajstić information content (AvgIpc) is 3.02. The molecule has 1 aliphatic rings. The quantitative estimate of drug-likeness (QED) is 0.594. The van der Waals surface area contributed by atoms with Crippen molar-refractivity contribution in [2.75, 3.05) is 11.4 Å². The van der Waals surface area contributed by atoms with Crippen LogP contribution in [-0.2, 0) is 4.79 Å². The van der Waals surface area contributed by atoms with Gasteiger partial charge in [-0.05, 0) is 42.8 Å². The van der Waals surface area contributed by atoms with Gasteiger partial charge in [0.1, 0.15) is 6.04 Å². The second kappa shape index (κ2) is 6.50. The van der Waals surface area contributed by atoms with E-state index in [0.717, 1.165) is 11.4 Å². The van der Waals surface area contributed by atoms with Crippen LogP contribution in [0.5, 0.6) is 0 Å². The van der Waals surface area contributed by atoms with E-state index in [9.17, 15) is 9.59 Å². The number of para-hydroxylation sites is 1. The van der Waals surface area contributed by atoms with Crippen LogP contribution in [0.3, 0.4) is 0 Å². The molecular formula is C17H17N3O3. The highest BCUT2D eigenvalue weighted by atomic mass is 16.5. The van der Waals surface area contributed by atoms with Crippen molar-refractivity contribution in [1.82, 2.24) is 10.8 Å². The topological polar surface area (TPSA) is 81.7 Å². The van der Waals surface area contributed by atoms with Crippen molar-refractivity contribution in [2.24, 2.45) is 0 Å². The van der Waals surface area contributed by atoms with Gasteiger partial charge in [-0.3, -0.25) is 14.8 Å². The highest BCUT2D eigenvalue weighted by Crippen LogP contribution is 2.30. The fraction of sp³-hybridized carbons (Fsp3) is 0.176. The number of hydrogen-bond donors (Lipinski definition) is 3. The van der Waals surface area contributed by atoms with Crippen LogP contribution in [0.2, 0.25) is 0 Å². The molecule has 1 atom stereocenters. The number of nitrogens with zero attached hydrogens (tertiary/aromatic N) is 1. The molecule has 3 N–H and O–H groups in total. The zero-order valence-corrected chi connectivity index (χ0v) is 12.4. The van der Waals surface area contributed by atoms with Crippen LogP contribution < -0.4 is 15.7 Å². The molecule has 2 aromatic rings. The molecule has 118 valence electrons. The molecule has 0 aromatic heterocycles. The Morgan fingerprint density at radius 2 is 1.74 bits per heavy atom. The number of carbonyl (C=O) groups is 2. The molecule has 1 heterocycles. The number of rotatable bonds is 4. The van der Waals surface area contributed by atoms with E-state index in [0.29, 0.717) is 18.5 Å². The summed E-state index contributed by atoms with van der Waals surface area (Å²) in [5.41, 5.74) is 3.68. The smallest absolute Gasteiger partial charge is 0.274 e. The molecule has 23 heavy (non-hydrogen) atoms. The zero-order valence-electron chi connectivity index (χ0n) is 12.4. The highest BCUT2D eigenvalue weighted by molar-refractivity contribution is 5.94. The lowest BCUT2D eigenvalue weighted by atomic mass is 10.1. The number of anilines is 2. The summed E-state index contributed by atoms with van der Waals surface area (Å²) >= 11 is 0. The van der Waals surface area contributed by atoms with Crippen LogP contribution >= 0.6 is 0 Å². The second-order valence-corrected chi connectivity index (χ2v) is 5.29. The fourth-order valence-corrected chi connectivity index (χ4v) is 2.76. The van der Waals surface area contributed by atoms with Gasteiger partial charge in [0.05, 0.1) is 0 Å². The van der Waals surface area contributed by atoms with Crippen LogP contribution in [0.1, 0.15) is 16.8 Å². The minimum atomic E-state index is -0.568. The van der Waals surface area contributed by atoms with Gasteiger partial charge in [0.15, 0.2) is 0 Å². The predicted molar refractivity (Wildman–Crippen MR) is 85.7 cm³/mol. The van der Waals surface area contributed by atoms with Crippen LogP contribution in [0.15, 0.2) is 54.6 Å². The third-order valence-corrected chi connectivity index (χ3v) is 3.87. The Morgan fingerprint density at radius 1 is 1.09 bits per heavy atom. The summed E-state index contributed by atoms with van der Waals surface area (Å²) in [4.78, 5) is 25.5. The Kier molecular flexibility index (Phi) is 4.25. The monoisotopic (exact) mass is 311 g/mol. The van der Waals surface area contributed by atoms with Gasteiger partial charge in [-0.25, -0.2) is 5.48 Å². The molecule has 1 unspecified atom stereocenters. The molecule has 0 bridgehead atoms. The first kappa shape index (κ1) is 15.1. The van der Waals surface area contributed by atoms with Gasteiger partial charge in [0.2, 0.25) is 5.91 Å². The summed E-state index contributed by atoms with van der Waals surface area (Å²) < 4.78 is 0. The standard InChI is InChI=1S/C17H17N3O3/c21-16(19-23)12-6-8-14(9-7-12)20(13-4-2-1-3-5-13)15-10-11-18-17(15)22/h1-9,15,23H,10-11H2,(H,18,22)(H,19,21). The molecule has 1 fully saturated rings. The van der Waals surface area contributed by atoms with E-state index in [1.807, 2.05) is 35.2 Å². The number of hydrogen-bond acceptors (Lipinski definition) is 4. The Balaban J connectivity index is 1.98. The fourth-order valence-electron chi connectivity index (χ4n) is 2.76. The second-order valence-electron chi connectivity index (χ2n) is 5.29. The van der Waals surface area contributed by atoms with Crippen LogP contribution in [0, 0.1) is 0 Å². The summed E-state index contributed by atoms with van der Waals surface area (Å²) in [5, 5.41) is 11.5. The molecule has 6 heteroatoms. The van der Waals surface area contributed by atoms with Crippen molar-refractivity contribution in [3.05, 3.63) is 60.2 Å². The largest absolute Gasteiger partial charge is 0.354 e. The van der Waals surface area contributed by atoms with Gasteiger partial charge < -0.3 is 10.2 Å². The molecule has 0 saturated carbocycles. The first-order chi connectivity index (χ1) is 11.2. The third-order valence-electron chi connectivity index (χ3n) is 3.87. The molecular weight excluding hydrogens is 294 g/mol. The van der Waals surface area contributed by atoms with E-state index in [-0.39, 0.29) is 11.9 Å².